The number of hydrogen-bond donors (Lipinski definition) is 2. The molecule has 0 aliphatic heterocycles. The van der Waals surface area contributed by atoms with Gasteiger partial charge in [-0.15, -0.1) is 6.58 Å². The Kier molecular flexibility index (Phi) is 5.94. The summed E-state index contributed by atoms with van der Waals surface area (Å²) in [6.07, 6.45) is 3.25. The Morgan fingerprint density at radius 2 is 2.22 bits per heavy atom. The molecule has 6 heteroatoms. The molecule has 0 aliphatic carbocycles. The number of rotatable bonds is 7. The molecule has 6 nitrogen and oxygen atoms in total. The van der Waals surface area contributed by atoms with Crippen molar-refractivity contribution in [1.29, 1.82) is 0 Å². The first kappa shape index (κ1) is 16.8. The Bertz CT molecular complexity index is 640. The number of urea groups is 1. The molecular weight excluding hydrogens is 294 g/mol. The van der Waals surface area contributed by atoms with Gasteiger partial charge in [0.15, 0.2) is 5.76 Å². The Balaban J connectivity index is 2.03. The van der Waals surface area contributed by atoms with Crippen molar-refractivity contribution in [3.63, 3.8) is 0 Å². The Labute approximate surface area is 135 Å². The molecule has 122 valence electrons. The molecule has 2 N–H and O–H groups in total. The SMILES string of the molecule is C=CCN(CCO)C(=O)NC(C)c1ncc(-c2ccccc2)o1. The van der Waals surface area contributed by atoms with Crippen LogP contribution in [-0.4, -0.2) is 40.7 Å². The molecule has 0 radical (unpaired) electrons. The monoisotopic (exact) mass is 315 g/mol. The van der Waals surface area contributed by atoms with Crippen molar-refractivity contribution in [1.82, 2.24) is 15.2 Å². The van der Waals surface area contributed by atoms with E-state index < -0.39 is 0 Å². The second-order valence-electron chi connectivity index (χ2n) is 5.06. The zero-order valence-electron chi connectivity index (χ0n) is 13.1. The van der Waals surface area contributed by atoms with Crippen LogP contribution in [0.1, 0.15) is 18.9 Å². The molecule has 0 saturated heterocycles. The van der Waals surface area contributed by atoms with Crippen LogP contribution in [0.3, 0.4) is 0 Å². The van der Waals surface area contributed by atoms with Crippen LogP contribution in [0.5, 0.6) is 0 Å². The first-order valence-electron chi connectivity index (χ1n) is 7.44. The minimum Gasteiger partial charge on any atom is -0.438 e. The molecule has 0 fully saturated rings. The fourth-order valence-electron chi connectivity index (χ4n) is 2.11. The molecule has 1 aromatic heterocycles. The number of carbonyl (C=O) groups excluding carboxylic acids is 1. The standard InChI is InChI=1S/C17H21N3O3/c1-3-9-20(10-11-21)17(22)19-13(2)16-18-12-15(23-16)14-7-5-4-6-8-14/h3-8,12-13,21H,1,9-11H2,2H3,(H,19,22). The lowest BCUT2D eigenvalue weighted by Gasteiger charge is -2.22. The molecular formula is C17H21N3O3. The van der Waals surface area contributed by atoms with Crippen molar-refractivity contribution in [3.8, 4) is 11.3 Å². The highest BCUT2D eigenvalue weighted by molar-refractivity contribution is 5.74. The number of nitrogens with one attached hydrogen (secondary N) is 1. The van der Waals surface area contributed by atoms with E-state index >= 15 is 0 Å². The number of aliphatic hydroxyl groups excluding tert-OH is 1. The lowest BCUT2D eigenvalue weighted by molar-refractivity contribution is 0.179. The van der Waals surface area contributed by atoms with Gasteiger partial charge >= 0.3 is 6.03 Å². The summed E-state index contributed by atoms with van der Waals surface area (Å²) in [6, 6.07) is 8.95. The molecule has 1 unspecified atom stereocenters. The molecule has 0 saturated carbocycles. The van der Waals surface area contributed by atoms with E-state index in [9.17, 15) is 4.79 Å². The molecule has 2 aromatic rings. The maximum Gasteiger partial charge on any atom is 0.318 e. The van der Waals surface area contributed by atoms with Gasteiger partial charge in [-0.1, -0.05) is 36.4 Å². The van der Waals surface area contributed by atoms with E-state index in [-0.39, 0.29) is 25.2 Å². The number of carbonyl (C=O) groups is 1. The van der Waals surface area contributed by atoms with Gasteiger partial charge in [-0.25, -0.2) is 9.78 Å². The maximum atomic E-state index is 12.2. The molecule has 0 aliphatic rings. The van der Waals surface area contributed by atoms with E-state index in [1.54, 1.807) is 19.2 Å². The summed E-state index contributed by atoms with van der Waals surface area (Å²) in [7, 11) is 0. The van der Waals surface area contributed by atoms with Gasteiger partial charge in [0.05, 0.1) is 12.8 Å². The zero-order chi connectivity index (χ0) is 16.7. The normalized spacial score (nSPS) is 11.7. The first-order chi connectivity index (χ1) is 11.2. The van der Waals surface area contributed by atoms with Gasteiger partial charge in [0, 0.05) is 18.7 Å². The highest BCUT2D eigenvalue weighted by atomic mass is 16.4. The fourth-order valence-corrected chi connectivity index (χ4v) is 2.11. The summed E-state index contributed by atoms with van der Waals surface area (Å²) in [5.74, 6) is 1.08. The van der Waals surface area contributed by atoms with Crippen molar-refractivity contribution in [2.24, 2.45) is 0 Å². The van der Waals surface area contributed by atoms with Crippen LogP contribution in [0, 0.1) is 0 Å². The average molecular weight is 315 g/mol. The number of oxazole rings is 1. The Hall–Kier alpha value is -2.60. The van der Waals surface area contributed by atoms with Crippen molar-refractivity contribution >= 4 is 6.03 Å². The fraction of sp³-hybridized carbons (Fsp3) is 0.294. The summed E-state index contributed by atoms with van der Waals surface area (Å²) >= 11 is 0. The van der Waals surface area contributed by atoms with Crippen molar-refractivity contribution in [2.75, 3.05) is 19.7 Å². The average Bonchev–Trinajstić information content (AvgIpc) is 3.05. The van der Waals surface area contributed by atoms with Crippen LogP contribution >= 0.6 is 0 Å². The van der Waals surface area contributed by atoms with Crippen LogP contribution in [-0.2, 0) is 0 Å². The summed E-state index contributed by atoms with van der Waals surface area (Å²) in [4.78, 5) is 17.9. The third-order valence-electron chi connectivity index (χ3n) is 3.30. The predicted molar refractivity (Wildman–Crippen MR) is 87.7 cm³/mol. The highest BCUT2D eigenvalue weighted by Crippen LogP contribution is 2.22. The molecule has 1 atom stereocenters. The van der Waals surface area contributed by atoms with Crippen molar-refractivity contribution < 1.29 is 14.3 Å². The third-order valence-corrected chi connectivity index (χ3v) is 3.30. The Morgan fingerprint density at radius 3 is 2.87 bits per heavy atom. The number of amides is 2. The lowest BCUT2D eigenvalue weighted by Crippen LogP contribution is -2.42. The van der Waals surface area contributed by atoms with Gasteiger partial charge in [-0.05, 0) is 6.92 Å². The Morgan fingerprint density at radius 1 is 1.48 bits per heavy atom. The van der Waals surface area contributed by atoms with Crippen molar-refractivity contribution in [2.45, 2.75) is 13.0 Å². The van der Waals surface area contributed by atoms with Gasteiger partial charge in [0.1, 0.15) is 6.04 Å². The number of nitrogens with zero attached hydrogens (tertiary/aromatic N) is 2. The van der Waals surface area contributed by atoms with E-state index in [0.29, 0.717) is 18.2 Å². The smallest absolute Gasteiger partial charge is 0.318 e. The minimum atomic E-state index is -0.383. The second-order valence-corrected chi connectivity index (χ2v) is 5.06. The predicted octanol–water partition coefficient (Wildman–Crippen LogP) is 2.59. The largest absolute Gasteiger partial charge is 0.438 e. The number of benzene rings is 1. The molecule has 1 heterocycles. The molecule has 23 heavy (non-hydrogen) atoms. The minimum absolute atomic E-state index is 0.104. The summed E-state index contributed by atoms with van der Waals surface area (Å²) < 4.78 is 5.72. The molecule has 1 aromatic carbocycles. The number of aromatic nitrogens is 1. The van der Waals surface area contributed by atoms with E-state index in [4.69, 9.17) is 9.52 Å². The van der Waals surface area contributed by atoms with E-state index in [1.165, 1.54) is 4.90 Å². The third kappa shape index (κ3) is 4.43. The lowest BCUT2D eigenvalue weighted by atomic mass is 10.2. The van der Waals surface area contributed by atoms with Crippen LogP contribution in [0.25, 0.3) is 11.3 Å². The van der Waals surface area contributed by atoms with Crippen molar-refractivity contribution in [3.05, 3.63) is 55.1 Å². The summed E-state index contributed by atoms with van der Waals surface area (Å²) in [5, 5.41) is 11.8. The van der Waals surface area contributed by atoms with Gasteiger partial charge in [-0.2, -0.15) is 0 Å². The second kappa shape index (κ2) is 8.14. The number of aliphatic hydroxyl groups is 1. The van der Waals surface area contributed by atoms with Crippen LogP contribution in [0.4, 0.5) is 4.79 Å². The van der Waals surface area contributed by atoms with Gasteiger partial charge in [-0.3, -0.25) is 0 Å². The zero-order valence-corrected chi connectivity index (χ0v) is 13.1. The molecule has 0 spiro atoms. The summed E-state index contributed by atoms with van der Waals surface area (Å²) in [6.45, 7) is 5.90. The van der Waals surface area contributed by atoms with E-state index in [0.717, 1.165) is 5.56 Å². The summed E-state index contributed by atoms with van der Waals surface area (Å²) in [5.41, 5.74) is 0.929. The molecule has 2 amide bonds. The topological polar surface area (TPSA) is 78.6 Å². The van der Waals surface area contributed by atoms with Crippen LogP contribution < -0.4 is 5.32 Å². The van der Waals surface area contributed by atoms with Gasteiger partial charge in [0.2, 0.25) is 5.89 Å². The first-order valence-corrected chi connectivity index (χ1v) is 7.44. The molecule has 2 rings (SSSR count). The van der Waals surface area contributed by atoms with E-state index in [1.807, 2.05) is 30.3 Å². The highest BCUT2D eigenvalue weighted by Gasteiger charge is 2.19. The van der Waals surface area contributed by atoms with Gasteiger partial charge < -0.3 is 19.7 Å². The van der Waals surface area contributed by atoms with Gasteiger partial charge in [0.25, 0.3) is 0 Å². The maximum absolute atomic E-state index is 12.2. The quantitative estimate of drug-likeness (QED) is 0.770. The van der Waals surface area contributed by atoms with Crippen LogP contribution in [0.15, 0.2) is 53.6 Å². The van der Waals surface area contributed by atoms with Crippen LogP contribution in [0.2, 0.25) is 0 Å². The number of hydrogen-bond acceptors (Lipinski definition) is 4. The van der Waals surface area contributed by atoms with E-state index in [2.05, 4.69) is 16.9 Å². The molecule has 0 bridgehead atoms.